The van der Waals surface area contributed by atoms with Gasteiger partial charge in [0.2, 0.25) is 0 Å². The number of dihydropyridines is 1. The molecule has 0 amide bonds. The zero-order chi connectivity index (χ0) is 22.2. The largest absolute Gasteiger partial charge is 0.494 e. The third kappa shape index (κ3) is 4.41. The lowest BCUT2D eigenvalue weighted by molar-refractivity contribution is -0.144. The van der Waals surface area contributed by atoms with E-state index >= 15 is 0 Å². The molecule has 1 aromatic rings. The van der Waals surface area contributed by atoms with Crippen LogP contribution in [-0.2, 0) is 14.3 Å². The highest BCUT2D eigenvalue weighted by atomic mass is 16.5. The number of hydrogen-bond acceptors (Lipinski definition) is 5. The van der Waals surface area contributed by atoms with Crippen LogP contribution >= 0.6 is 0 Å². The maximum absolute atomic E-state index is 13.3. The van der Waals surface area contributed by atoms with E-state index in [0.29, 0.717) is 24.2 Å². The normalized spacial score (nSPS) is 23.5. The lowest BCUT2D eigenvalue weighted by atomic mass is 9.68. The highest BCUT2D eigenvalue weighted by molar-refractivity contribution is 6.04. The Balaban J connectivity index is 1.75. The van der Waals surface area contributed by atoms with Gasteiger partial charge in [-0.2, -0.15) is 0 Å². The molecule has 1 fully saturated rings. The summed E-state index contributed by atoms with van der Waals surface area (Å²) in [5.41, 5.74) is 3.81. The van der Waals surface area contributed by atoms with Crippen LogP contribution < -0.4 is 10.1 Å². The van der Waals surface area contributed by atoms with Crippen LogP contribution in [0.4, 0.5) is 0 Å². The van der Waals surface area contributed by atoms with Crippen molar-refractivity contribution in [3.8, 4) is 5.75 Å². The van der Waals surface area contributed by atoms with Gasteiger partial charge in [0, 0.05) is 29.3 Å². The molecule has 1 aliphatic heterocycles. The van der Waals surface area contributed by atoms with Crippen LogP contribution in [0.1, 0.15) is 77.7 Å². The van der Waals surface area contributed by atoms with Gasteiger partial charge in [0.25, 0.3) is 0 Å². The highest BCUT2D eigenvalue weighted by Crippen LogP contribution is 2.47. The number of Topliss-reactive ketones (excluding diaryl/α,β-unsaturated/α-hetero) is 1. The number of ketones is 1. The van der Waals surface area contributed by atoms with Crippen molar-refractivity contribution in [2.75, 3.05) is 6.61 Å². The van der Waals surface area contributed by atoms with E-state index < -0.39 is 5.92 Å². The van der Waals surface area contributed by atoms with E-state index in [1.54, 1.807) is 0 Å². The number of carbonyl (C=O) groups is 2. The summed E-state index contributed by atoms with van der Waals surface area (Å²) in [5.74, 6) is 0.168. The number of hydrogen-bond donors (Lipinski definition) is 1. The number of nitrogens with one attached hydrogen (secondary N) is 1. The summed E-state index contributed by atoms with van der Waals surface area (Å²) >= 11 is 0. The average molecular weight is 424 g/mol. The molecular formula is C26H33NO4. The van der Waals surface area contributed by atoms with Gasteiger partial charge in [0.05, 0.1) is 12.2 Å². The van der Waals surface area contributed by atoms with E-state index in [0.717, 1.165) is 54.8 Å². The van der Waals surface area contributed by atoms with E-state index in [2.05, 4.69) is 19.2 Å². The zero-order valence-corrected chi connectivity index (χ0v) is 19.0. The van der Waals surface area contributed by atoms with Crippen LogP contribution in [0.25, 0.3) is 0 Å². The molecule has 2 aliphatic carbocycles. The van der Waals surface area contributed by atoms with E-state index in [4.69, 9.17) is 9.47 Å². The Hall–Kier alpha value is -2.56. The van der Waals surface area contributed by atoms with Gasteiger partial charge in [-0.25, -0.2) is 4.79 Å². The van der Waals surface area contributed by atoms with Crippen LogP contribution in [-0.4, -0.2) is 24.5 Å². The monoisotopic (exact) mass is 423 g/mol. The Morgan fingerprint density at radius 1 is 1.13 bits per heavy atom. The van der Waals surface area contributed by atoms with Crippen molar-refractivity contribution in [3.63, 3.8) is 0 Å². The van der Waals surface area contributed by atoms with Gasteiger partial charge < -0.3 is 14.8 Å². The molecule has 5 nitrogen and oxygen atoms in total. The van der Waals surface area contributed by atoms with E-state index in [9.17, 15) is 9.59 Å². The van der Waals surface area contributed by atoms with Gasteiger partial charge in [0.1, 0.15) is 11.9 Å². The molecule has 1 N–H and O–H groups in total. The second kappa shape index (κ2) is 8.52. The molecule has 1 heterocycles. The first kappa shape index (κ1) is 21.7. The van der Waals surface area contributed by atoms with Gasteiger partial charge in [-0.05, 0) is 69.1 Å². The molecule has 1 aromatic carbocycles. The summed E-state index contributed by atoms with van der Waals surface area (Å²) < 4.78 is 11.5. The summed E-state index contributed by atoms with van der Waals surface area (Å²) in [7, 11) is 0. The van der Waals surface area contributed by atoms with Crippen LogP contribution in [0.3, 0.4) is 0 Å². The predicted octanol–water partition coefficient (Wildman–Crippen LogP) is 5.18. The predicted molar refractivity (Wildman–Crippen MR) is 120 cm³/mol. The van der Waals surface area contributed by atoms with Crippen molar-refractivity contribution < 1.29 is 19.1 Å². The first-order valence-electron chi connectivity index (χ1n) is 11.5. The molecular weight excluding hydrogens is 390 g/mol. The molecule has 1 saturated carbocycles. The van der Waals surface area contributed by atoms with Crippen molar-refractivity contribution in [2.24, 2.45) is 5.41 Å². The summed E-state index contributed by atoms with van der Waals surface area (Å²) in [6.07, 6.45) is 5.26. The Labute approximate surface area is 184 Å². The summed E-state index contributed by atoms with van der Waals surface area (Å²) in [6.45, 7) is 8.69. The fraction of sp³-hybridized carbons (Fsp3) is 0.538. The van der Waals surface area contributed by atoms with Gasteiger partial charge in [0.15, 0.2) is 5.78 Å². The maximum Gasteiger partial charge on any atom is 0.337 e. The Bertz CT molecular complexity index is 933. The first-order valence-corrected chi connectivity index (χ1v) is 11.5. The van der Waals surface area contributed by atoms with E-state index in [1.165, 1.54) is 0 Å². The minimum atomic E-state index is -0.413. The molecule has 3 aliphatic rings. The smallest absolute Gasteiger partial charge is 0.337 e. The number of rotatable bonds is 5. The number of esters is 1. The molecule has 0 bridgehead atoms. The number of carbonyl (C=O) groups excluding carboxylic acids is 2. The van der Waals surface area contributed by atoms with Crippen LogP contribution in [0.2, 0.25) is 0 Å². The highest BCUT2D eigenvalue weighted by Gasteiger charge is 2.43. The molecule has 4 rings (SSSR count). The topological polar surface area (TPSA) is 64.6 Å². The Kier molecular flexibility index (Phi) is 5.96. The molecule has 0 radical (unpaired) electrons. The van der Waals surface area contributed by atoms with Crippen molar-refractivity contribution in [3.05, 3.63) is 52.4 Å². The fourth-order valence-electron chi connectivity index (χ4n) is 5.18. The van der Waals surface area contributed by atoms with Crippen LogP contribution in [0.15, 0.2) is 46.8 Å². The molecule has 166 valence electrons. The van der Waals surface area contributed by atoms with Crippen molar-refractivity contribution in [1.82, 2.24) is 5.32 Å². The summed E-state index contributed by atoms with van der Waals surface area (Å²) in [6, 6.07) is 7.75. The second-order valence-corrected chi connectivity index (χ2v) is 9.74. The second-order valence-electron chi connectivity index (χ2n) is 9.74. The SMILES string of the molecule is CCOc1ccc([C@@H]2C(C(=O)OC3CCCC3)=C(C)NC3=C2C(=O)CC(C)(C)C3)cc1. The molecule has 31 heavy (non-hydrogen) atoms. The third-order valence-electron chi connectivity index (χ3n) is 6.56. The standard InChI is InChI=1S/C26H33NO4/c1-5-30-18-12-10-17(11-13-18)23-22(25(29)31-19-8-6-7-9-19)16(2)27-20-14-26(3,4)15-21(28)24(20)23/h10-13,19,23,27H,5-9,14-15H2,1-4H3/t23-/m1/s1. The lowest BCUT2D eigenvalue weighted by Gasteiger charge is -2.39. The van der Waals surface area contributed by atoms with Gasteiger partial charge in [-0.3, -0.25) is 4.79 Å². The Morgan fingerprint density at radius 2 is 1.81 bits per heavy atom. The van der Waals surface area contributed by atoms with E-state index in [-0.39, 0.29) is 23.3 Å². The lowest BCUT2D eigenvalue weighted by Crippen LogP contribution is -2.39. The van der Waals surface area contributed by atoms with Crippen molar-refractivity contribution in [1.29, 1.82) is 0 Å². The minimum Gasteiger partial charge on any atom is -0.494 e. The van der Waals surface area contributed by atoms with Gasteiger partial charge >= 0.3 is 5.97 Å². The number of allylic oxidation sites excluding steroid dienone is 3. The molecule has 0 saturated heterocycles. The summed E-state index contributed by atoms with van der Waals surface area (Å²) in [4.78, 5) is 26.7. The zero-order valence-electron chi connectivity index (χ0n) is 19.0. The number of ether oxygens (including phenoxy) is 2. The van der Waals surface area contributed by atoms with Crippen LogP contribution in [0.5, 0.6) is 5.75 Å². The fourth-order valence-corrected chi connectivity index (χ4v) is 5.18. The molecule has 0 spiro atoms. The van der Waals surface area contributed by atoms with Gasteiger partial charge in [-0.15, -0.1) is 0 Å². The molecule has 0 aromatic heterocycles. The maximum atomic E-state index is 13.3. The van der Waals surface area contributed by atoms with Crippen molar-refractivity contribution >= 4 is 11.8 Å². The average Bonchev–Trinajstić information content (AvgIpc) is 3.19. The molecule has 0 unspecified atom stereocenters. The summed E-state index contributed by atoms with van der Waals surface area (Å²) in [5, 5.41) is 3.40. The quantitative estimate of drug-likeness (QED) is 0.662. The van der Waals surface area contributed by atoms with Gasteiger partial charge in [-0.1, -0.05) is 26.0 Å². The van der Waals surface area contributed by atoms with Crippen molar-refractivity contribution in [2.45, 2.75) is 78.2 Å². The van der Waals surface area contributed by atoms with Crippen LogP contribution in [0, 0.1) is 5.41 Å². The number of benzene rings is 1. The van der Waals surface area contributed by atoms with E-state index in [1.807, 2.05) is 38.1 Å². The molecule has 5 heteroatoms. The minimum absolute atomic E-state index is 0.0230. The molecule has 1 atom stereocenters. The Morgan fingerprint density at radius 3 is 2.45 bits per heavy atom. The third-order valence-corrected chi connectivity index (χ3v) is 6.56. The first-order chi connectivity index (χ1) is 14.8.